The third kappa shape index (κ3) is 2.45. The first-order chi connectivity index (χ1) is 9.67. The second kappa shape index (κ2) is 5.32. The molecule has 104 valence electrons. The maximum Gasteiger partial charge on any atom is 0.254 e. The van der Waals surface area contributed by atoms with E-state index in [0.717, 1.165) is 17.6 Å². The van der Waals surface area contributed by atoms with Gasteiger partial charge in [-0.05, 0) is 45.8 Å². The Labute approximate surface area is 125 Å². The van der Waals surface area contributed by atoms with Crippen LogP contribution in [0.25, 0.3) is 0 Å². The van der Waals surface area contributed by atoms with Crippen molar-refractivity contribution >= 4 is 21.8 Å². The number of hydrogen-bond acceptors (Lipinski definition) is 2. The number of H-pyrrole nitrogens is 1. The molecule has 1 aliphatic rings. The lowest BCUT2D eigenvalue weighted by molar-refractivity contribution is 0.0734. The van der Waals surface area contributed by atoms with Gasteiger partial charge in [-0.25, -0.2) is 0 Å². The number of aromatic nitrogens is 1. The van der Waals surface area contributed by atoms with E-state index in [-0.39, 0.29) is 5.91 Å². The lowest BCUT2D eigenvalue weighted by atomic mass is 10.1. The summed E-state index contributed by atoms with van der Waals surface area (Å²) in [5.74, 6) is 0.754. The standard InChI is InChI=1S/C15H15BrN2O2/c1-20-12-4-2-3-10(7-12)15(19)18-6-5-13-11(9-18)8-14(16)17-13/h2-4,7-8,17H,5-6,9H2,1H3. The summed E-state index contributed by atoms with van der Waals surface area (Å²) >= 11 is 3.44. The highest BCUT2D eigenvalue weighted by Gasteiger charge is 2.23. The molecule has 0 spiro atoms. The van der Waals surface area contributed by atoms with Gasteiger partial charge in [0.25, 0.3) is 5.91 Å². The quantitative estimate of drug-likeness (QED) is 0.917. The number of aromatic amines is 1. The van der Waals surface area contributed by atoms with Gasteiger partial charge in [0.2, 0.25) is 0 Å². The second-order valence-corrected chi connectivity index (χ2v) is 5.68. The maximum atomic E-state index is 12.5. The van der Waals surface area contributed by atoms with Gasteiger partial charge in [-0.1, -0.05) is 6.07 Å². The highest BCUT2D eigenvalue weighted by molar-refractivity contribution is 9.10. The Morgan fingerprint density at radius 1 is 1.40 bits per heavy atom. The fraction of sp³-hybridized carbons (Fsp3) is 0.267. The number of halogens is 1. The molecule has 1 aliphatic heterocycles. The van der Waals surface area contributed by atoms with Gasteiger partial charge in [-0.2, -0.15) is 0 Å². The molecule has 1 amide bonds. The number of hydrogen-bond donors (Lipinski definition) is 1. The van der Waals surface area contributed by atoms with E-state index in [4.69, 9.17) is 4.74 Å². The van der Waals surface area contributed by atoms with Gasteiger partial charge in [0.1, 0.15) is 5.75 Å². The molecule has 1 aromatic heterocycles. The Balaban J connectivity index is 1.81. The molecule has 2 heterocycles. The summed E-state index contributed by atoms with van der Waals surface area (Å²) in [6, 6.07) is 9.33. The molecule has 0 unspecified atom stereocenters. The summed E-state index contributed by atoms with van der Waals surface area (Å²) in [6.07, 6.45) is 0.858. The van der Waals surface area contributed by atoms with E-state index in [9.17, 15) is 4.79 Å². The molecule has 2 aromatic rings. The molecule has 3 rings (SSSR count). The predicted octanol–water partition coefficient (Wildman–Crippen LogP) is 2.98. The van der Waals surface area contributed by atoms with Gasteiger partial charge in [0.15, 0.2) is 0 Å². The maximum absolute atomic E-state index is 12.5. The smallest absolute Gasteiger partial charge is 0.254 e. The van der Waals surface area contributed by atoms with Gasteiger partial charge in [-0.15, -0.1) is 0 Å². The first kappa shape index (κ1) is 13.2. The Kier molecular flexibility index (Phi) is 3.53. The fourth-order valence-corrected chi connectivity index (χ4v) is 3.02. The Hall–Kier alpha value is -1.75. The number of fused-ring (bicyclic) bond motifs is 1. The molecule has 0 fully saturated rings. The number of nitrogens with zero attached hydrogens (tertiary/aromatic N) is 1. The van der Waals surface area contributed by atoms with E-state index < -0.39 is 0 Å². The summed E-state index contributed by atoms with van der Waals surface area (Å²) in [6.45, 7) is 1.38. The van der Waals surface area contributed by atoms with Crippen LogP contribution >= 0.6 is 15.9 Å². The second-order valence-electron chi connectivity index (χ2n) is 4.83. The zero-order chi connectivity index (χ0) is 14.1. The summed E-state index contributed by atoms with van der Waals surface area (Å²) in [5, 5.41) is 0. The van der Waals surface area contributed by atoms with Crippen LogP contribution in [0.1, 0.15) is 21.6 Å². The molecule has 0 bridgehead atoms. The molecule has 0 saturated heterocycles. The van der Waals surface area contributed by atoms with Crippen LogP contribution in [0.2, 0.25) is 0 Å². The molecule has 0 atom stereocenters. The van der Waals surface area contributed by atoms with Crippen LogP contribution < -0.4 is 4.74 Å². The van der Waals surface area contributed by atoms with Crippen LogP contribution in [-0.4, -0.2) is 29.4 Å². The van der Waals surface area contributed by atoms with Gasteiger partial charge < -0.3 is 14.6 Å². The molecule has 0 aliphatic carbocycles. The molecule has 0 saturated carbocycles. The summed E-state index contributed by atoms with van der Waals surface area (Å²) in [4.78, 5) is 17.7. The Morgan fingerprint density at radius 3 is 3.05 bits per heavy atom. The predicted molar refractivity (Wildman–Crippen MR) is 79.9 cm³/mol. The molecule has 0 radical (unpaired) electrons. The molecule has 1 aromatic carbocycles. The number of ether oxygens (including phenoxy) is 1. The van der Waals surface area contributed by atoms with Crippen LogP contribution in [0.5, 0.6) is 5.75 Å². The van der Waals surface area contributed by atoms with Crippen molar-refractivity contribution in [2.75, 3.05) is 13.7 Å². The average Bonchev–Trinajstić information content (AvgIpc) is 2.85. The number of carbonyl (C=O) groups excluding carboxylic acids is 1. The van der Waals surface area contributed by atoms with Crippen molar-refractivity contribution in [3.05, 3.63) is 51.8 Å². The third-order valence-corrected chi connectivity index (χ3v) is 3.98. The van der Waals surface area contributed by atoms with E-state index >= 15 is 0 Å². The molecule has 20 heavy (non-hydrogen) atoms. The number of methoxy groups -OCH3 is 1. The minimum Gasteiger partial charge on any atom is -0.497 e. The van der Waals surface area contributed by atoms with E-state index in [1.165, 1.54) is 11.3 Å². The monoisotopic (exact) mass is 334 g/mol. The first-order valence-corrected chi connectivity index (χ1v) is 7.26. The SMILES string of the molecule is COc1cccc(C(=O)N2CCc3[nH]c(Br)cc3C2)c1. The topological polar surface area (TPSA) is 45.3 Å². The van der Waals surface area contributed by atoms with E-state index in [1.807, 2.05) is 29.2 Å². The lowest BCUT2D eigenvalue weighted by Gasteiger charge is -2.27. The van der Waals surface area contributed by atoms with Crippen molar-refractivity contribution in [2.24, 2.45) is 0 Å². The van der Waals surface area contributed by atoms with Crippen molar-refractivity contribution in [3.63, 3.8) is 0 Å². The lowest BCUT2D eigenvalue weighted by Crippen LogP contribution is -2.35. The largest absolute Gasteiger partial charge is 0.497 e. The minimum atomic E-state index is 0.0480. The van der Waals surface area contributed by atoms with Crippen molar-refractivity contribution in [3.8, 4) is 5.75 Å². The number of amides is 1. The number of nitrogens with one attached hydrogen (secondary N) is 1. The highest BCUT2D eigenvalue weighted by atomic mass is 79.9. The van der Waals surface area contributed by atoms with Crippen molar-refractivity contribution in [1.29, 1.82) is 0 Å². The highest BCUT2D eigenvalue weighted by Crippen LogP contribution is 2.24. The van der Waals surface area contributed by atoms with E-state index in [2.05, 4.69) is 20.9 Å². The number of benzene rings is 1. The Morgan fingerprint density at radius 2 is 2.25 bits per heavy atom. The Bertz CT molecular complexity index is 651. The van der Waals surface area contributed by atoms with Crippen molar-refractivity contribution < 1.29 is 9.53 Å². The number of carbonyl (C=O) groups is 1. The van der Waals surface area contributed by atoms with Gasteiger partial charge in [0, 0.05) is 30.8 Å². The van der Waals surface area contributed by atoms with Crippen LogP contribution in [0, 0.1) is 0 Å². The molecule has 5 heteroatoms. The summed E-state index contributed by atoms with van der Waals surface area (Å²) < 4.78 is 6.14. The molecular weight excluding hydrogens is 320 g/mol. The van der Waals surface area contributed by atoms with Crippen LogP contribution in [0.4, 0.5) is 0 Å². The van der Waals surface area contributed by atoms with Gasteiger partial charge in [0.05, 0.1) is 11.7 Å². The molecule has 4 nitrogen and oxygen atoms in total. The van der Waals surface area contributed by atoms with Crippen molar-refractivity contribution in [1.82, 2.24) is 9.88 Å². The van der Waals surface area contributed by atoms with Crippen LogP contribution in [0.15, 0.2) is 34.9 Å². The first-order valence-electron chi connectivity index (χ1n) is 6.47. The zero-order valence-electron chi connectivity index (χ0n) is 11.1. The van der Waals surface area contributed by atoms with Gasteiger partial charge in [-0.3, -0.25) is 4.79 Å². The third-order valence-electron chi connectivity index (χ3n) is 3.56. The van der Waals surface area contributed by atoms with E-state index in [0.29, 0.717) is 17.9 Å². The summed E-state index contributed by atoms with van der Waals surface area (Å²) in [5.41, 5.74) is 3.06. The van der Waals surface area contributed by atoms with Crippen LogP contribution in [0.3, 0.4) is 0 Å². The summed E-state index contributed by atoms with van der Waals surface area (Å²) in [7, 11) is 1.61. The van der Waals surface area contributed by atoms with Crippen LogP contribution in [-0.2, 0) is 13.0 Å². The zero-order valence-corrected chi connectivity index (χ0v) is 12.7. The van der Waals surface area contributed by atoms with Crippen molar-refractivity contribution in [2.45, 2.75) is 13.0 Å². The van der Waals surface area contributed by atoms with Gasteiger partial charge >= 0.3 is 0 Å². The number of rotatable bonds is 2. The van der Waals surface area contributed by atoms with E-state index in [1.54, 1.807) is 13.2 Å². The normalized spacial score (nSPS) is 14.0. The molecular formula is C15H15BrN2O2. The average molecular weight is 335 g/mol. The minimum absolute atomic E-state index is 0.0480. The fourth-order valence-electron chi connectivity index (χ4n) is 2.51. The molecule has 1 N–H and O–H groups in total.